The van der Waals surface area contributed by atoms with Crippen molar-refractivity contribution in [1.82, 2.24) is 10.3 Å². The van der Waals surface area contributed by atoms with Gasteiger partial charge in [0.2, 0.25) is 6.79 Å². The van der Waals surface area contributed by atoms with E-state index in [4.69, 9.17) is 19.2 Å². The Bertz CT molecular complexity index is 1380. The Balaban J connectivity index is 1.31. The number of carbonyl (C=O) groups excluding carboxylic acids is 2. The zero-order chi connectivity index (χ0) is 23.5. The summed E-state index contributed by atoms with van der Waals surface area (Å²) >= 11 is 0. The molecule has 1 aromatic heterocycles. The molecule has 3 aromatic carbocycles. The first-order valence-electron chi connectivity index (χ1n) is 10.9. The normalized spacial score (nSPS) is 11.9. The summed E-state index contributed by atoms with van der Waals surface area (Å²) in [4.78, 5) is 30.2. The standard InChI is InChI=1S/C27H22N2O5/c1-17-25(20-9-5-6-10-21(20)29-26(17)19-7-3-2-4-8-19)27(31)32-15-24(30)28-14-18-11-12-22-23(13-18)34-16-33-22/h2-13H,14-16H2,1H3,(H,28,30). The Morgan fingerprint density at radius 2 is 1.74 bits per heavy atom. The number of pyridine rings is 1. The fourth-order valence-corrected chi connectivity index (χ4v) is 3.95. The molecule has 1 aliphatic heterocycles. The fraction of sp³-hybridized carbons (Fsp3) is 0.148. The summed E-state index contributed by atoms with van der Waals surface area (Å²) in [5.41, 5.74) is 4.27. The first kappa shape index (κ1) is 21.5. The molecule has 0 unspecified atom stereocenters. The second-order valence-corrected chi connectivity index (χ2v) is 7.88. The predicted octanol–water partition coefficient (Wildman–Crippen LogP) is 4.41. The lowest BCUT2D eigenvalue weighted by molar-refractivity contribution is -0.124. The van der Waals surface area contributed by atoms with Crippen LogP contribution in [-0.4, -0.2) is 30.3 Å². The van der Waals surface area contributed by atoms with E-state index < -0.39 is 11.9 Å². The molecule has 0 saturated carbocycles. The van der Waals surface area contributed by atoms with Crippen LogP contribution in [0.3, 0.4) is 0 Å². The Hall–Kier alpha value is -4.39. The highest BCUT2D eigenvalue weighted by molar-refractivity contribution is 6.06. The van der Waals surface area contributed by atoms with Crippen LogP contribution in [0.5, 0.6) is 11.5 Å². The van der Waals surface area contributed by atoms with E-state index in [0.717, 1.165) is 11.1 Å². The van der Waals surface area contributed by atoms with Crippen LogP contribution in [0.1, 0.15) is 21.5 Å². The first-order chi connectivity index (χ1) is 16.6. The van der Waals surface area contributed by atoms with Crippen LogP contribution in [0.2, 0.25) is 0 Å². The van der Waals surface area contributed by atoms with Crippen molar-refractivity contribution in [3.8, 4) is 22.8 Å². The number of ether oxygens (including phenoxy) is 3. The smallest absolute Gasteiger partial charge is 0.339 e. The van der Waals surface area contributed by atoms with Gasteiger partial charge >= 0.3 is 5.97 Å². The van der Waals surface area contributed by atoms with Crippen molar-refractivity contribution < 1.29 is 23.8 Å². The topological polar surface area (TPSA) is 86.8 Å². The highest BCUT2D eigenvalue weighted by atomic mass is 16.7. The van der Waals surface area contributed by atoms with Gasteiger partial charge in [-0.3, -0.25) is 4.79 Å². The van der Waals surface area contributed by atoms with Crippen LogP contribution in [0, 0.1) is 6.92 Å². The van der Waals surface area contributed by atoms with Crippen LogP contribution in [0.25, 0.3) is 22.2 Å². The van der Waals surface area contributed by atoms with Gasteiger partial charge in [-0.2, -0.15) is 0 Å². The molecular weight excluding hydrogens is 432 g/mol. The van der Waals surface area contributed by atoms with Gasteiger partial charge in [0.05, 0.1) is 16.8 Å². The zero-order valence-electron chi connectivity index (χ0n) is 18.5. The van der Waals surface area contributed by atoms with E-state index in [9.17, 15) is 9.59 Å². The van der Waals surface area contributed by atoms with E-state index in [1.807, 2.05) is 73.7 Å². The largest absolute Gasteiger partial charge is 0.454 e. The third-order valence-corrected chi connectivity index (χ3v) is 5.65. The molecular formula is C27H22N2O5. The maximum atomic E-state index is 13.1. The Morgan fingerprint density at radius 1 is 0.971 bits per heavy atom. The lowest BCUT2D eigenvalue weighted by Gasteiger charge is -2.14. The van der Waals surface area contributed by atoms with E-state index in [-0.39, 0.29) is 19.9 Å². The minimum atomic E-state index is -0.563. The van der Waals surface area contributed by atoms with E-state index in [2.05, 4.69) is 5.32 Å². The number of hydrogen-bond donors (Lipinski definition) is 1. The molecule has 1 amide bonds. The van der Waals surface area contributed by atoms with Crippen molar-refractivity contribution in [3.05, 3.63) is 89.5 Å². The molecule has 0 radical (unpaired) electrons. The van der Waals surface area contributed by atoms with E-state index in [0.29, 0.717) is 39.2 Å². The third kappa shape index (κ3) is 4.28. The van der Waals surface area contributed by atoms with Gasteiger partial charge in [-0.1, -0.05) is 54.6 Å². The number of para-hydroxylation sites is 1. The number of nitrogens with one attached hydrogen (secondary N) is 1. The summed E-state index contributed by atoms with van der Waals surface area (Å²) in [7, 11) is 0. The number of fused-ring (bicyclic) bond motifs is 2. The summed E-state index contributed by atoms with van der Waals surface area (Å²) in [5.74, 6) is 0.364. The molecule has 2 heterocycles. The Morgan fingerprint density at radius 3 is 2.59 bits per heavy atom. The number of amides is 1. The molecule has 1 N–H and O–H groups in total. The third-order valence-electron chi connectivity index (χ3n) is 5.65. The second-order valence-electron chi connectivity index (χ2n) is 7.88. The van der Waals surface area contributed by atoms with E-state index in [1.54, 1.807) is 6.07 Å². The van der Waals surface area contributed by atoms with Crippen LogP contribution in [0.15, 0.2) is 72.8 Å². The molecule has 1 aliphatic rings. The molecule has 34 heavy (non-hydrogen) atoms. The fourth-order valence-electron chi connectivity index (χ4n) is 3.95. The van der Waals surface area contributed by atoms with Gasteiger partial charge in [-0.25, -0.2) is 9.78 Å². The molecule has 0 spiro atoms. The number of carbonyl (C=O) groups is 2. The maximum absolute atomic E-state index is 13.1. The molecule has 7 nitrogen and oxygen atoms in total. The highest BCUT2D eigenvalue weighted by Crippen LogP contribution is 2.32. The number of nitrogens with zero attached hydrogens (tertiary/aromatic N) is 1. The van der Waals surface area contributed by atoms with Gasteiger partial charge in [0.25, 0.3) is 5.91 Å². The summed E-state index contributed by atoms with van der Waals surface area (Å²) in [6, 6.07) is 22.5. The van der Waals surface area contributed by atoms with Gasteiger partial charge in [-0.05, 0) is 36.2 Å². The predicted molar refractivity (Wildman–Crippen MR) is 127 cm³/mol. The highest BCUT2D eigenvalue weighted by Gasteiger charge is 2.21. The van der Waals surface area contributed by atoms with E-state index in [1.165, 1.54) is 0 Å². The molecule has 0 atom stereocenters. The van der Waals surface area contributed by atoms with Crippen molar-refractivity contribution in [2.75, 3.05) is 13.4 Å². The first-order valence-corrected chi connectivity index (χ1v) is 10.9. The summed E-state index contributed by atoms with van der Waals surface area (Å²) in [6.07, 6.45) is 0. The Labute approximate surface area is 196 Å². The lowest BCUT2D eigenvalue weighted by atomic mass is 9.98. The van der Waals surface area contributed by atoms with Crippen molar-refractivity contribution in [1.29, 1.82) is 0 Å². The summed E-state index contributed by atoms with van der Waals surface area (Å²) < 4.78 is 16.1. The molecule has 170 valence electrons. The van der Waals surface area contributed by atoms with Gasteiger partial charge in [0.1, 0.15) is 0 Å². The van der Waals surface area contributed by atoms with Gasteiger partial charge in [0, 0.05) is 17.5 Å². The average Bonchev–Trinajstić information content (AvgIpc) is 3.34. The van der Waals surface area contributed by atoms with Gasteiger partial charge in [0.15, 0.2) is 18.1 Å². The Kier molecular flexibility index (Phi) is 5.82. The molecule has 0 saturated heterocycles. The van der Waals surface area contributed by atoms with Gasteiger partial charge < -0.3 is 19.5 Å². The summed E-state index contributed by atoms with van der Waals surface area (Å²) in [6.45, 7) is 1.93. The minimum absolute atomic E-state index is 0.191. The SMILES string of the molecule is Cc1c(-c2ccccc2)nc2ccccc2c1C(=O)OCC(=O)NCc1ccc2c(c1)OCO2. The van der Waals surface area contributed by atoms with Gasteiger partial charge in [-0.15, -0.1) is 0 Å². The molecule has 0 bridgehead atoms. The molecule has 4 aromatic rings. The minimum Gasteiger partial charge on any atom is -0.454 e. The maximum Gasteiger partial charge on any atom is 0.339 e. The van der Waals surface area contributed by atoms with Crippen LogP contribution in [-0.2, 0) is 16.1 Å². The van der Waals surface area contributed by atoms with Crippen LogP contribution < -0.4 is 14.8 Å². The molecule has 5 rings (SSSR count). The quantitative estimate of drug-likeness (QED) is 0.434. The lowest BCUT2D eigenvalue weighted by Crippen LogP contribution is -2.28. The number of aromatic nitrogens is 1. The van der Waals surface area contributed by atoms with Crippen molar-refractivity contribution in [3.63, 3.8) is 0 Å². The van der Waals surface area contributed by atoms with Crippen LogP contribution >= 0.6 is 0 Å². The molecule has 0 fully saturated rings. The summed E-state index contributed by atoms with van der Waals surface area (Å²) in [5, 5.41) is 3.45. The zero-order valence-corrected chi connectivity index (χ0v) is 18.5. The van der Waals surface area contributed by atoms with Crippen molar-refractivity contribution in [2.24, 2.45) is 0 Å². The average molecular weight is 454 g/mol. The molecule has 7 heteroatoms. The van der Waals surface area contributed by atoms with Crippen molar-refractivity contribution >= 4 is 22.8 Å². The monoisotopic (exact) mass is 454 g/mol. The number of esters is 1. The van der Waals surface area contributed by atoms with Crippen LogP contribution in [0.4, 0.5) is 0 Å². The number of rotatable bonds is 6. The van der Waals surface area contributed by atoms with Crippen molar-refractivity contribution in [2.45, 2.75) is 13.5 Å². The number of benzene rings is 3. The van der Waals surface area contributed by atoms with E-state index >= 15 is 0 Å². The number of hydrogen-bond acceptors (Lipinski definition) is 6. The molecule has 0 aliphatic carbocycles. The second kappa shape index (κ2) is 9.23.